The van der Waals surface area contributed by atoms with E-state index in [4.69, 9.17) is 4.52 Å². The number of unbranched alkanes of at least 4 members (excludes halogenated alkanes) is 13. The van der Waals surface area contributed by atoms with E-state index in [2.05, 4.69) is 19.1 Å². The van der Waals surface area contributed by atoms with E-state index >= 15 is 0 Å². The molecular weight excluding hydrogens is 405 g/mol. The highest BCUT2D eigenvalue weighted by atomic mass is 31.2. The first kappa shape index (κ1) is 30.9. The van der Waals surface area contributed by atoms with Crippen LogP contribution in [0.4, 0.5) is 0 Å². The van der Waals surface area contributed by atoms with Crippen LogP contribution in [0.25, 0.3) is 0 Å². The van der Waals surface area contributed by atoms with Crippen LogP contribution in [0.5, 0.6) is 0 Å². The Bertz CT molecular complexity index is 474. The van der Waals surface area contributed by atoms with E-state index in [0.29, 0.717) is 17.5 Å². The van der Waals surface area contributed by atoms with Crippen molar-refractivity contribution in [3.8, 4) is 0 Å². The molecule has 0 bridgehead atoms. The maximum atomic E-state index is 12.6. The molecule has 186 valence electrons. The van der Waals surface area contributed by atoms with Gasteiger partial charge in [0.2, 0.25) is 0 Å². The van der Waals surface area contributed by atoms with Gasteiger partial charge in [0.05, 0.1) is 27.7 Å². The largest absolute Gasteiger partial charge is 0.385 e. The number of allylic oxidation sites excluding steroid dienone is 2. The highest BCUT2D eigenvalue weighted by Gasteiger charge is 2.41. The minimum absolute atomic E-state index is 0.344. The number of hydrogen-bond donors (Lipinski definition) is 1. The van der Waals surface area contributed by atoms with Crippen LogP contribution in [0.1, 0.15) is 123 Å². The average Bonchev–Trinajstić information content (AvgIpc) is 2.70. The molecule has 4 nitrogen and oxygen atoms in total. The number of nitrogens with zero attached hydrogens (tertiary/aromatic N) is 1. The van der Waals surface area contributed by atoms with Crippen LogP contribution in [0, 0.1) is 0 Å². The molecule has 0 rings (SSSR count). The minimum atomic E-state index is -3.58. The van der Waals surface area contributed by atoms with Gasteiger partial charge in [-0.3, -0.25) is 4.57 Å². The molecule has 0 amide bonds. The van der Waals surface area contributed by atoms with Crippen LogP contribution in [0.3, 0.4) is 0 Å². The lowest BCUT2D eigenvalue weighted by Gasteiger charge is -2.35. The van der Waals surface area contributed by atoms with Crippen LogP contribution < -0.4 is 0 Å². The lowest BCUT2D eigenvalue weighted by Crippen LogP contribution is -2.45. The summed E-state index contributed by atoms with van der Waals surface area (Å²) >= 11 is 0. The Labute approximate surface area is 195 Å². The lowest BCUT2D eigenvalue weighted by molar-refractivity contribution is -0.883. The van der Waals surface area contributed by atoms with E-state index in [-0.39, 0.29) is 5.78 Å². The number of rotatable bonds is 22. The van der Waals surface area contributed by atoms with E-state index in [9.17, 15) is 9.46 Å². The summed E-state index contributed by atoms with van der Waals surface area (Å²) in [5.41, 5.74) is 0. The van der Waals surface area contributed by atoms with Crippen molar-refractivity contribution in [2.45, 2.75) is 129 Å². The summed E-state index contributed by atoms with van der Waals surface area (Å²) in [5, 5.41) is 0. The van der Waals surface area contributed by atoms with Crippen LogP contribution >= 0.6 is 7.60 Å². The highest BCUT2D eigenvalue weighted by Crippen LogP contribution is 2.51. The van der Waals surface area contributed by atoms with E-state index in [0.717, 1.165) is 25.7 Å². The van der Waals surface area contributed by atoms with Gasteiger partial charge in [0.25, 0.3) is 0 Å². The van der Waals surface area contributed by atoms with Gasteiger partial charge in [0.1, 0.15) is 0 Å². The Hall–Kier alpha value is -0.150. The average molecular weight is 461 g/mol. The molecule has 2 atom stereocenters. The first-order chi connectivity index (χ1) is 14.8. The Balaban J connectivity index is 3.60. The Morgan fingerprint density at radius 2 is 1.19 bits per heavy atom. The summed E-state index contributed by atoms with van der Waals surface area (Å²) in [6, 6.07) is 0. The summed E-state index contributed by atoms with van der Waals surface area (Å²) < 4.78 is 18.6. The summed E-state index contributed by atoms with van der Waals surface area (Å²) in [7, 11) is 2.32. The summed E-state index contributed by atoms with van der Waals surface area (Å²) in [6.45, 7) is 4.70. The quantitative estimate of drug-likeness (QED) is 0.0763. The topological polar surface area (TPSA) is 46.5 Å². The number of hydrogen-bond acceptors (Lipinski definition) is 2. The van der Waals surface area contributed by atoms with Gasteiger partial charge in [-0.2, -0.15) is 0 Å². The zero-order valence-electron chi connectivity index (χ0n) is 21.6. The Morgan fingerprint density at radius 1 is 0.742 bits per heavy atom. The molecule has 0 spiro atoms. The normalized spacial score (nSPS) is 15.4. The molecule has 0 saturated carbocycles. The third kappa shape index (κ3) is 18.0. The fourth-order valence-electron chi connectivity index (χ4n) is 4.05. The Morgan fingerprint density at radius 3 is 1.65 bits per heavy atom. The molecule has 0 heterocycles. The van der Waals surface area contributed by atoms with Crippen LogP contribution in [0.2, 0.25) is 0 Å². The molecule has 0 aliphatic carbocycles. The molecule has 5 heteroatoms. The van der Waals surface area contributed by atoms with Crippen molar-refractivity contribution in [3.05, 3.63) is 12.2 Å². The van der Waals surface area contributed by atoms with Crippen molar-refractivity contribution in [1.82, 2.24) is 0 Å². The van der Waals surface area contributed by atoms with Gasteiger partial charge in [-0.25, -0.2) is 0 Å². The fourth-order valence-corrected chi connectivity index (χ4v) is 6.08. The van der Waals surface area contributed by atoms with Crippen molar-refractivity contribution in [2.24, 2.45) is 0 Å². The SMILES string of the molecule is CCCCCCCCCCCCC/C=C\CCCCOP(=O)(O)C(CCC)[N+](C)(C)C. The second kappa shape index (κ2) is 19.3. The molecule has 1 N–H and O–H groups in total. The van der Waals surface area contributed by atoms with E-state index in [1.54, 1.807) is 0 Å². The molecule has 2 unspecified atom stereocenters. The zero-order valence-corrected chi connectivity index (χ0v) is 22.5. The highest BCUT2D eigenvalue weighted by molar-refractivity contribution is 7.53. The van der Waals surface area contributed by atoms with Gasteiger partial charge in [-0.05, 0) is 38.5 Å². The van der Waals surface area contributed by atoms with Crippen molar-refractivity contribution < 1.29 is 18.5 Å². The maximum absolute atomic E-state index is 12.6. The van der Waals surface area contributed by atoms with Gasteiger partial charge in [-0.1, -0.05) is 90.2 Å². The first-order valence-corrected chi connectivity index (χ1v) is 14.8. The van der Waals surface area contributed by atoms with Crippen molar-refractivity contribution in [1.29, 1.82) is 0 Å². The molecule has 0 aliphatic heterocycles. The molecule has 31 heavy (non-hydrogen) atoms. The molecular formula is C26H55NO3P+. The van der Waals surface area contributed by atoms with Gasteiger partial charge >= 0.3 is 7.60 Å². The molecule has 0 aromatic heterocycles. The third-order valence-electron chi connectivity index (χ3n) is 6.00. The van der Waals surface area contributed by atoms with Crippen LogP contribution in [-0.2, 0) is 9.09 Å². The van der Waals surface area contributed by atoms with Gasteiger partial charge in [-0.15, -0.1) is 0 Å². The first-order valence-electron chi connectivity index (χ1n) is 13.2. The molecule has 0 aromatic carbocycles. The van der Waals surface area contributed by atoms with Gasteiger partial charge < -0.3 is 13.9 Å². The van der Waals surface area contributed by atoms with Crippen molar-refractivity contribution in [2.75, 3.05) is 27.7 Å². The molecule has 0 fully saturated rings. The van der Waals surface area contributed by atoms with Crippen LogP contribution in [0.15, 0.2) is 12.2 Å². The summed E-state index contributed by atoms with van der Waals surface area (Å²) in [6.07, 6.45) is 25.5. The molecule has 0 radical (unpaired) electrons. The molecule has 0 aliphatic rings. The van der Waals surface area contributed by atoms with E-state index < -0.39 is 7.60 Å². The third-order valence-corrected chi connectivity index (χ3v) is 8.26. The zero-order chi connectivity index (χ0) is 23.4. The Kier molecular flexibility index (Phi) is 19.2. The summed E-state index contributed by atoms with van der Waals surface area (Å²) in [4.78, 5) is 10.4. The van der Waals surface area contributed by atoms with Crippen LogP contribution in [-0.4, -0.2) is 42.9 Å². The van der Waals surface area contributed by atoms with Gasteiger partial charge in [0, 0.05) is 6.42 Å². The summed E-state index contributed by atoms with van der Waals surface area (Å²) in [5.74, 6) is -0.344. The lowest BCUT2D eigenvalue weighted by atomic mass is 10.1. The van der Waals surface area contributed by atoms with Gasteiger partial charge in [0.15, 0.2) is 5.78 Å². The monoisotopic (exact) mass is 460 g/mol. The van der Waals surface area contributed by atoms with Crippen molar-refractivity contribution in [3.63, 3.8) is 0 Å². The predicted octanol–water partition coefficient (Wildman–Crippen LogP) is 8.45. The predicted molar refractivity (Wildman–Crippen MR) is 137 cm³/mol. The molecule has 0 saturated heterocycles. The maximum Gasteiger partial charge on any atom is 0.385 e. The number of quaternary nitrogens is 1. The molecule has 0 aromatic rings. The standard InChI is InChI=1S/C26H54NO3P/c1-6-8-9-10-11-12-13-14-15-16-17-18-19-20-21-22-23-25-30-31(28,29)26(24-7-2)27(3,4)5/h19-20,26H,6-18,21-25H2,1-5H3/p+1/b20-19-. The van der Waals surface area contributed by atoms with Crippen molar-refractivity contribution >= 4 is 7.60 Å². The second-order valence-electron chi connectivity index (χ2n) is 10.1. The van der Waals surface area contributed by atoms with E-state index in [1.807, 2.05) is 28.1 Å². The van der Waals surface area contributed by atoms with E-state index in [1.165, 1.54) is 77.0 Å². The fraction of sp³-hybridized carbons (Fsp3) is 0.923. The second-order valence-corrected chi connectivity index (χ2v) is 12.1. The smallest absolute Gasteiger partial charge is 0.320 e. The minimum Gasteiger partial charge on any atom is -0.320 e.